The maximum Gasteiger partial charge on any atom is 0.0426 e. The maximum absolute atomic E-state index is 6.23. The highest BCUT2D eigenvalue weighted by molar-refractivity contribution is 6.30. The van der Waals surface area contributed by atoms with Crippen molar-refractivity contribution in [2.45, 2.75) is 52.5 Å². The van der Waals surface area contributed by atoms with E-state index in [2.05, 4.69) is 37.8 Å². The summed E-state index contributed by atoms with van der Waals surface area (Å²) < 4.78 is 0. The van der Waals surface area contributed by atoms with Crippen molar-refractivity contribution in [3.05, 3.63) is 28.8 Å². The predicted molar refractivity (Wildman–Crippen MR) is 93.2 cm³/mol. The van der Waals surface area contributed by atoms with Gasteiger partial charge in [0, 0.05) is 29.8 Å². The Hall–Kier alpha value is -0.730. The molecule has 2 unspecified atom stereocenters. The van der Waals surface area contributed by atoms with Crippen LogP contribution in [-0.4, -0.2) is 19.1 Å². The van der Waals surface area contributed by atoms with Crippen LogP contribution in [-0.2, 0) is 6.42 Å². The minimum absolute atomic E-state index is 0.181. The standard InChI is InChI=1S/C18H29ClN2/c1-13(2)15-5-4-9-21(10-8-15)18-12-17(19)7-6-16(18)11-14(3)20/h6-7,12-15H,4-5,8-11,20H2,1-3H3. The maximum atomic E-state index is 6.23. The molecule has 1 aliphatic heterocycles. The number of nitrogens with zero attached hydrogens (tertiary/aromatic N) is 1. The Balaban J connectivity index is 2.18. The fraction of sp³-hybridized carbons (Fsp3) is 0.667. The van der Waals surface area contributed by atoms with Crippen LogP contribution < -0.4 is 10.6 Å². The first kappa shape index (κ1) is 16.6. The molecule has 0 bridgehead atoms. The molecule has 2 rings (SSSR count). The fourth-order valence-electron chi connectivity index (χ4n) is 3.38. The molecule has 1 aromatic carbocycles. The van der Waals surface area contributed by atoms with Gasteiger partial charge in [0.25, 0.3) is 0 Å². The molecule has 0 aromatic heterocycles. The van der Waals surface area contributed by atoms with Crippen molar-refractivity contribution in [1.29, 1.82) is 0 Å². The third-order valence-corrected chi connectivity index (χ3v) is 4.88. The Morgan fingerprint density at radius 2 is 2.00 bits per heavy atom. The zero-order valence-electron chi connectivity index (χ0n) is 13.6. The molecule has 118 valence electrons. The number of rotatable bonds is 4. The van der Waals surface area contributed by atoms with Crippen molar-refractivity contribution >= 4 is 17.3 Å². The van der Waals surface area contributed by atoms with E-state index in [-0.39, 0.29) is 6.04 Å². The van der Waals surface area contributed by atoms with Gasteiger partial charge in [-0.3, -0.25) is 0 Å². The topological polar surface area (TPSA) is 29.3 Å². The van der Waals surface area contributed by atoms with E-state index >= 15 is 0 Å². The largest absolute Gasteiger partial charge is 0.371 e. The van der Waals surface area contributed by atoms with Gasteiger partial charge in [-0.2, -0.15) is 0 Å². The highest BCUT2D eigenvalue weighted by atomic mass is 35.5. The van der Waals surface area contributed by atoms with Crippen LogP contribution >= 0.6 is 11.6 Å². The molecule has 0 spiro atoms. The van der Waals surface area contributed by atoms with Crippen LogP contribution in [0.2, 0.25) is 5.02 Å². The molecule has 0 amide bonds. The Kier molecular flexibility index (Phi) is 5.95. The summed E-state index contributed by atoms with van der Waals surface area (Å²) in [6.45, 7) is 9.03. The lowest BCUT2D eigenvalue weighted by molar-refractivity contribution is 0.351. The number of benzene rings is 1. The van der Waals surface area contributed by atoms with Crippen molar-refractivity contribution in [2.75, 3.05) is 18.0 Å². The van der Waals surface area contributed by atoms with Crippen LogP contribution in [0.5, 0.6) is 0 Å². The number of halogens is 1. The molecule has 0 aliphatic carbocycles. The molecule has 1 fully saturated rings. The van der Waals surface area contributed by atoms with Crippen LogP contribution in [0.4, 0.5) is 5.69 Å². The first-order chi connectivity index (χ1) is 9.97. The Labute approximate surface area is 134 Å². The van der Waals surface area contributed by atoms with Crippen molar-refractivity contribution < 1.29 is 0 Å². The number of anilines is 1. The normalized spacial score (nSPS) is 21.4. The minimum Gasteiger partial charge on any atom is -0.371 e. The zero-order valence-corrected chi connectivity index (χ0v) is 14.4. The Bertz CT molecular complexity index is 457. The molecule has 3 heteroatoms. The van der Waals surface area contributed by atoms with Gasteiger partial charge in [0.1, 0.15) is 0 Å². The van der Waals surface area contributed by atoms with Gasteiger partial charge < -0.3 is 10.6 Å². The third-order valence-electron chi connectivity index (χ3n) is 4.65. The van der Waals surface area contributed by atoms with E-state index in [0.717, 1.165) is 36.4 Å². The molecule has 21 heavy (non-hydrogen) atoms. The number of hydrogen-bond acceptors (Lipinski definition) is 2. The lowest BCUT2D eigenvalue weighted by Gasteiger charge is -2.27. The van der Waals surface area contributed by atoms with E-state index < -0.39 is 0 Å². The van der Waals surface area contributed by atoms with E-state index in [4.69, 9.17) is 17.3 Å². The smallest absolute Gasteiger partial charge is 0.0426 e. The Morgan fingerprint density at radius 3 is 2.67 bits per heavy atom. The summed E-state index contributed by atoms with van der Waals surface area (Å²) in [7, 11) is 0. The predicted octanol–water partition coefficient (Wildman–Crippen LogP) is 4.49. The molecular formula is C18H29ClN2. The first-order valence-electron chi connectivity index (χ1n) is 8.26. The molecule has 1 saturated heterocycles. The highest BCUT2D eigenvalue weighted by Crippen LogP contribution is 2.31. The van der Waals surface area contributed by atoms with Gasteiger partial charge in [-0.25, -0.2) is 0 Å². The van der Waals surface area contributed by atoms with Crippen LogP contribution in [0, 0.1) is 11.8 Å². The first-order valence-corrected chi connectivity index (χ1v) is 8.64. The average Bonchev–Trinajstić information content (AvgIpc) is 2.66. The molecule has 1 aliphatic rings. The van der Waals surface area contributed by atoms with Crippen LogP contribution in [0.3, 0.4) is 0 Å². The fourth-order valence-corrected chi connectivity index (χ4v) is 3.55. The monoisotopic (exact) mass is 308 g/mol. The van der Waals surface area contributed by atoms with E-state index in [0.29, 0.717) is 0 Å². The lowest BCUT2D eigenvalue weighted by Crippen LogP contribution is -2.27. The van der Waals surface area contributed by atoms with Gasteiger partial charge in [-0.05, 0) is 62.1 Å². The second kappa shape index (κ2) is 7.51. The minimum atomic E-state index is 0.181. The van der Waals surface area contributed by atoms with Crippen molar-refractivity contribution in [1.82, 2.24) is 0 Å². The van der Waals surface area contributed by atoms with Crippen molar-refractivity contribution in [3.8, 4) is 0 Å². The molecule has 2 N–H and O–H groups in total. The van der Waals surface area contributed by atoms with Crippen molar-refractivity contribution in [3.63, 3.8) is 0 Å². The van der Waals surface area contributed by atoms with Crippen LogP contribution in [0.25, 0.3) is 0 Å². The lowest BCUT2D eigenvalue weighted by atomic mass is 9.89. The summed E-state index contributed by atoms with van der Waals surface area (Å²) in [5.74, 6) is 1.64. The van der Waals surface area contributed by atoms with Gasteiger partial charge in [0.2, 0.25) is 0 Å². The third kappa shape index (κ3) is 4.62. The van der Waals surface area contributed by atoms with Crippen molar-refractivity contribution in [2.24, 2.45) is 17.6 Å². The molecule has 2 nitrogen and oxygen atoms in total. The van der Waals surface area contributed by atoms with E-state index in [9.17, 15) is 0 Å². The van der Waals surface area contributed by atoms with Crippen LogP contribution in [0.1, 0.15) is 45.6 Å². The summed E-state index contributed by atoms with van der Waals surface area (Å²) >= 11 is 6.23. The number of nitrogens with two attached hydrogens (primary N) is 1. The molecule has 0 saturated carbocycles. The average molecular weight is 309 g/mol. The van der Waals surface area contributed by atoms with Gasteiger partial charge in [0.05, 0.1) is 0 Å². The molecule has 0 radical (unpaired) electrons. The SMILES string of the molecule is CC(N)Cc1ccc(Cl)cc1N1CCCC(C(C)C)CC1. The van der Waals surface area contributed by atoms with Gasteiger partial charge >= 0.3 is 0 Å². The summed E-state index contributed by atoms with van der Waals surface area (Å²) in [6, 6.07) is 6.43. The molecule has 1 heterocycles. The van der Waals surface area contributed by atoms with Crippen LogP contribution in [0.15, 0.2) is 18.2 Å². The summed E-state index contributed by atoms with van der Waals surface area (Å²) in [4.78, 5) is 2.52. The van der Waals surface area contributed by atoms with Gasteiger partial charge in [-0.15, -0.1) is 0 Å². The highest BCUT2D eigenvalue weighted by Gasteiger charge is 2.21. The molecular weight excluding hydrogens is 280 g/mol. The second-order valence-corrected chi connectivity index (χ2v) is 7.31. The quantitative estimate of drug-likeness (QED) is 0.888. The van der Waals surface area contributed by atoms with E-state index in [1.165, 1.54) is 30.5 Å². The van der Waals surface area contributed by atoms with Gasteiger partial charge in [0.15, 0.2) is 0 Å². The summed E-state index contributed by atoms with van der Waals surface area (Å²) in [5.41, 5.74) is 8.63. The van der Waals surface area contributed by atoms with E-state index in [1.807, 2.05) is 6.07 Å². The Morgan fingerprint density at radius 1 is 1.24 bits per heavy atom. The van der Waals surface area contributed by atoms with E-state index in [1.54, 1.807) is 0 Å². The molecule has 2 atom stereocenters. The molecule has 1 aromatic rings. The second-order valence-electron chi connectivity index (χ2n) is 6.88. The summed E-state index contributed by atoms with van der Waals surface area (Å²) in [5, 5.41) is 0.822. The zero-order chi connectivity index (χ0) is 15.4. The number of hydrogen-bond donors (Lipinski definition) is 1. The summed E-state index contributed by atoms with van der Waals surface area (Å²) in [6.07, 6.45) is 4.81. The van der Waals surface area contributed by atoms with Gasteiger partial charge in [-0.1, -0.05) is 31.5 Å².